The van der Waals surface area contributed by atoms with Gasteiger partial charge in [0, 0.05) is 25.0 Å². The van der Waals surface area contributed by atoms with Crippen molar-refractivity contribution in [3.05, 3.63) is 29.6 Å². The Bertz CT molecular complexity index is 349. The van der Waals surface area contributed by atoms with E-state index in [-0.39, 0.29) is 0 Å². The maximum absolute atomic E-state index is 4.24. The molecule has 0 amide bonds. The molecule has 1 aliphatic rings. The van der Waals surface area contributed by atoms with Gasteiger partial charge in [0.25, 0.3) is 0 Å². The van der Waals surface area contributed by atoms with Crippen molar-refractivity contribution in [2.75, 3.05) is 0 Å². The third-order valence-electron chi connectivity index (χ3n) is 3.78. The van der Waals surface area contributed by atoms with E-state index >= 15 is 0 Å². The molecule has 1 saturated carbocycles. The van der Waals surface area contributed by atoms with E-state index in [1.165, 1.54) is 43.2 Å². The smallest absolute Gasteiger partial charge is 0.0313 e. The van der Waals surface area contributed by atoms with Crippen LogP contribution in [0, 0.1) is 12.8 Å². The van der Waals surface area contributed by atoms with Gasteiger partial charge in [0.2, 0.25) is 0 Å². The van der Waals surface area contributed by atoms with Crippen LogP contribution in [0.1, 0.15) is 50.2 Å². The predicted octanol–water partition coefficient (Wildman–Crippen LogP) is 3.45. The lowest BCUT2D eigenvalue weighted by Gasteiger charge is -2.16. The summed E-state index contributed by atoms with van der Waals surface area (Å²) in [5.41, 5.74) is 2.56. The Labute approximate surface area is 105 Å². The Morgan fingerprint density at radius 2 is 2.12 bits per heavy atom. The maximum atomic E-state index is 4.24. The van der Waals surface area contributed by atoms with Crippen molar-refractivity contribution >= 4 is 0 Å². The molecular weight excluding hydrogens is 208 g/mol. The molecule has 1 aromatic rings. The van der Waals surface area contributed by atoms with Gasteiger partial charge < -0.3 is 5.32 Å². The van der Waals surface area contributed by atoms with Crippen LogP contribution >= 0.6 is 0 Å². The van der Waals surface area contributed by atoms with Crippen LogP contribution in [0.5, 0.6) is 0 Å². The number of aromatic nitrogens is 1. The van der Waals surface area contributed by atoms with Crippen LogP contribution in [0.2, 0.25) is 0 Å². The molecule has 1 heterocycles. The summed E-state index contributed by atoms with van der Waals surface area (Å²) in [7, 11) is 0. The minimum Gasteiger partial charge on any atom is -0.310 e. The fraction of sp³-hybridized carbons (Fsp3) is 0.667. The van der Waals surface area contributed by atoms with E-state index < -0.39 is 0 Å². The highest BCUT2D eigenvalue weighted by Gasteiger charge is 2.15. The van der Waals surface area contributed by atoms with Crippen LogP contribution in [0.4, 0.5) is 0 Å². The van der Waals surface area contributed by atoms with Crippen LogP contribution in [-0.4, -0.2) is 11.0 Å². The topological polar surface area (TPSA) is 24.9 Å². The van der Waals surface area contributed by atoms with Crippen molar-refractivity contribution in [1.29, 1.82) is 0 Å². The van der Waals surface area contributed by atoms with Crippen molar-refractivity contribution < 1.29 is 0 Å². The second-order valence-electron chi connectivity index (χ2n) is 5.56. The summed E-state index contributed by atoms with van der Waals surface area (Å²) in [4.78, 5) is 4.24. The number of aryl methyl sites for hydroxylation is 1. The molecule has 17 heavy (non-hydrogen) atoms. The van der Waals surface area contributed by atoms with Crippen LogP contribution in [0.25, 0.3) is 0 Å². The molecule has 94 valence electrons. The zero-order valence-electron chi connectivity index (χ0n) is 11.1. The first-order valence-corrected chi connectivity index (χ1v) is 6.88. The van der Waals surface area contributed by atoms with Gasteiger partial charge in [-0.15, -0.1) is 0 Å². The molecule has 0 aliphatic heterocycles. The van der Waals surface area contributed by atoms with Gasteiger partial charge in [-0.05, 0) is 43.2 Å². The fourth-order valence-electron chi connectivity index (χ4n) is 2.67. The molecule has 2 rings (SSSR count). The monoisotopic (exact) mass is 232 g/mol. The predicted molar refractivity (Wildman–Crippen MR) is 71.9 cm³/mol. The highest BCUT2D eigenvalue weighted by molar-refractivity contribution is 5.16. The Kier molecular flexibility index (Phi) is 4.55. The number of pyridine rings is 1. The van der Waals surface area contributed by atoms with E-state index in [2.05, 4.69) is 30.2 Å². The summed E-state index contributed by atoms with van der Waals surface area (Å²) < 4.78 is 0. The van der Waals surface area contributed by atoms with E-state index in [1.807, 2.05) is 12.4 Å². The van der Waals surface area contributed by atoms with Crippen molar-refractivity contribution in [1.82, 2.24) is 10.3 Å². The zero-order valence-corrected chi connectivity index (χ0v) is 11.1. The first-order valence-electron chi connectivity index (χ1n) is 6.88. The third kappa shape index (κ3) is 4.12. The Morgan fingerprint density at radius 3 is 2.94 bits per heavy atom. The summed E-state index contributed by atoms with van der Waals surface area (Å²) in [6.07, 6.45) is 10.7. The standard InChI is InChI=1S/C15H24N2/c1-12-4-3-5-15(7-6-12)17-11-14-8-13(2)9-16-10-14/h8-10,12,15,17H,3-7,11H2,1-2H3. The third-order valence-corrected chi connectivity index (χ3v) is 3.78. The maximum Gasteiger partial charge on any atom is 0.0313 e. The largest absolute Gasteiger partial charge is 0.310 e. The molecule has 0 spiro atoms. The van der Waals surface area contributed by atoms with E-state index in [0.717, 1.165) is 12.5 Å². The Hall–Kier alpha value is -0.890. The molecule has 1 fully saturated rings. The average molecular weight is 232 g/mol. The van der Waals surface area contributed by atoms with Crippen LogP contribution in [0.15, 0.2) is 18.5 Å². The molecule has 2 nitrogen and oxygen atoms in total. The summed E-state index contributed by atoms with van der Waals surface area (Å²) in [6.45, 7) is 5.45. The SMILES string of the molecule is Cc1cncc(CNC2CCCC(C)CC2)c1. The van der Waals surface area contributed by atoms with E-state index in [0.29, 0.717) is 6.04 Å². The molecule has 2 heteroatoms. The van der Waals surface area contributed by atoms with Gasteiger partial charge in [-0.25, -0.2) is 0 Å². The lowest BCUT2D eigenvalue weighted by molar-refractivity contribution is 0.447. The van der Waals surface area contributed by atoms with Gasteiger partial charge >= 0.3 is 0 Å². The number of rotatable bonds is 3. The molecule has 0 aromatic carbocycles. The quantitative estimate of drug-likeness (QED) is 0.807. The highest BCUT2D eigenvalue weighted by Crippen LogP contribution is 2.22. The van der Waals surface area contributed by atoms with E-state index in [1.54, 1.807) is 0 Å². The molecule has 1 N–H and O–H groups in total. The lowest BCUT2D eigenvalue weighted by Crippen LogP contribution is -2.28. The molecule has 2 unspecified atom stereocenters. The van der Waals surface area contributed by atoms with Crippen molar-refractivity contribution in [2.45, 2.75) is 58.5 Å². The van der Waals surface area contributed by atoms with E-state index in [9.17, 15) is 0 Å². The van der Waals surface area contributed by atoms with Gasteiger partial charge in [-0.1, -0.05) is 25.8 Å². The second kappa shape index (κ2) is 6.15. The minimum absolute atomic E-state index is 0.709. The molecule has 0 bridgehead atoms. The van der Waals surface area contributed by atoms with Crippen LogP contribution < -0.4 is 5.32 Å². The molecule has 0 saturated heterocycles. The number of nitrogens with zero attached hydrogens (tertiary/aromatic N) is 1. The molecule has 1 aliphatic carbocycles. The number of hydrogen-bond acceptors (Lipinski definition) is 2. The van der Waals surface area contributed by atoms with Gasteiger partial charge in [0.15, 0.2) is 0 Å². The minimum atomic E-state index is 0.709. The van der Waals surface area contributed by atoms with Crippen molar-refractivity contribution in [3.63, 3.8) is 0 Å². The van der Waals surface area contributed by atoms with Crippen molar-refractivity contribution in [2.24, 2.45) is 5.92 Å². The zero-order chi connectivity index (χ0) is 12.1. The van der Waals surface area contributed by atoms with Gasteiger partial charge in [0.1, 0.15) is 0 Å². The summed E-state index contributed by atoms with van der Waals surface area (Å²) in [5.74, 6) is 0.919. The van der Waals surface area contributed by atoms with Gasteiger partial charge in [-0.2, -0.15) is 0 Å². The van der Waals surface area contributed by atoms with Gasteiger partial charge in [-0.3, -0.25) is 4.98 Å². The summed E-state index contributed by atoms with van der Waals surface area (Å²) in [5, 5.41) is 3.69. The molecule has 0 radical (unpaired) electrons. The van der Waals surface area contributed by atoms with E-state index in [4.69, 9.17) is 0 Å². The summed E-state index contributed by atoms with van der Waals surface area (Å²) in [6, 6.07) is 2.93. The first kappa shape index (κ1) is 12.6. The Balaban J connectivity index is 1.81. The number of hydrogen-bond donors (Lipinski definition) is 1. The summed E-state index contributed by atoms with van der Waals surface area (Å²) >= 11 is 0. The molecule has 1 aromatic heterocycles. The number of nitrogens with one attached hydrogen (secondary N) is 1. The molecular formula is C15H24N2. The molecule has 2 atom stereocenters. The highest BCUT2D eigenvalue weighted by atomic mass is 14.9. The van der Waals surface area contributed by atoms with Crippen LogP contribution in [0.3, 0.4) is 0 Å². The normalized spacial score (nSPS) is 25.5. The van der Waals surface area contributed by atoms with Gasteiger partial charge in [0.05, 0.1) is 0 Å². The first-order chi connectivity index (χ1) is 8.24. The lowest BCUT2D eigenvalue weighted by atomic mass is 10.0. The van der Waals surface area contributed by atoms with Crippen molar-refractivity contribution in [3.8, 4) is 0 Å². The second-order valence-corrected chi connectivity index (χ2v) is 5.56. The van der Waals surface area contributed by atoms with Crippen LogP contribution in [-0.2, 0) is 6.54 Å². The fourth-order valence-corrected chi connectivity index (χ4v) is 2.67. The average Bonchev–Trinajstić information content (AvgIpc) is 2.52. The Morgan fingerprint density at radius 1 is 1.24 bits per heavy atom.